The molecule has 2 aromatic heterocycles. The van der Waals surface area contributed by atoms with E-state index in [2.05, 4.69) is 55.1 Å². The van der Waals surface area contributed by atoms with E-state index in [1.54, 1.807) is 38.1 Å². The molecule has 0 saturated carbocycles. The van der Waals surface area contributed by atoms with Crippen LogP contribution in [0.1, 0.15) is 96.3 Å². The molecular formula is C38H49N7O7S. The van der Waals surface area contributed by atoms with Crippen LogP contribution in [0.5, 0.6) is 0 Å². The summed E-state index contributed by atoms with van der Waals surface area (Å²) < 4.78 is 15.9. The van der Waals surface area contributed by atoms with Gasteiger partial charge in [-0.3, -0.25) is 14.5 Å². The number of nitrogens with one attached hydrogen (secondary N) is 3. The highest BCUT2D eigenvalue weighted by Gasteiger charge is 2.22. The van der Waals surface area contributed by atoms with Gasteiger partial charge in [0.25, 0.3) is 5.91 Å². The lowest BCUT2D eigenvalue weighted by atomic mass is 10.0. The first-order valence-corrected chi connectivity index (χ1v) is 18.8. The van der Waals surface area contributed by atoms with E-state index in [0.29, 0.717) is 72.4 Å². The summed E-state index contributed by atoms with van der Waals surface area (Å²) in [5, 5.41) is 12.7. The van der Waals surface area contributed by atoms with Crippen molar-refractivity contribution in [2.75, 3.05) is 38.6 Å². The molecule has 53 heavy (non-hydrogen) atoms. The molecule has 0 aliphatic heterocycles. The van der Waals surface area contributed by atoms with Crippen molar-refractivity contribution in [3.63, 3.8) is 0 Å². The molecule has 0 bridgehead atoms. The number of aryl methyl sites for hydroxylation is 2. The molecule has 1 aromatic carbocycles. The number of alkyl carbamates (subject to hydrolysis) is 1. The minimum absolute atomic E-state index is 0.0213. The molecule has 284 valence electrons. The second-order valence-corrected chi connectivity index (χ2v) is 13.8. The van der Waals surface area contributed by atoms with Gasteiger partial charge in [0.05, 0.1) is 25.4 Å². The van der Waals surface area contributed by atoms with E-state index in [-0.39, 0.29) is 36.0 Å². The number of rotatable bonds is 16. The number of carbonyl (C=O) groups is 4. The molecule has 1 aliphatic carbocycles. The van der Waals surface area contributed by atoms with E-state index in [9.17, 15) is 19.2 Å². The molecule has 0 spiro atoms. The number of hydrogen-bond acceptors (Lipinski definition) is 12. The zero-order valence-electron chi connectivity index (χ0n) is 30.9. The summed E-state index contributed by atoms with van der Waals surface area (Å²) in [4.78, 5) is 62.2. The van der Waals surface area contributed by atoms with Crippen molar-refractivity contribution < 1.29 is 33.2 Å². The van der Waals surface area contributed by atoms with E-state index in [1.807, 2.05) is 18.9 Å². The van der Waals surface area contributed by atoms with Gasteiger partial charge in [-0.15, -0.1) is 0 Å². The third-order valence-electron chi connectivity index (χ3n) is 8.22. The van der Waals surface area contributed by atoms with Gasteiger partial charge in [0.15, 0.2) is 5.13 Å². The number of carbonyl (C=O) groups excluding carboxylic acids is 4. The van der Waals surface area contributed by atoms with Crippen LogP contribution in [-0.2, 0) is 14.3 Å². The van der Waals surface area contributed by atoms with E-state index >= 15 is 0 Å². The van der Waals surface area contributed by atoms with Gasteiger partial charge in [0, 0.05) is 30.5 Å². The van der Waals surface area contributed by atoms with Crippen LogP contribution in [0.3, 0.4) is 0 Å². The van der Waals surface area contributed by atoms with Crippen molar-refractivity contribution >= 4 is 40.3 Å². The Hall–Kier alpha value is -5.07. The third kappa shape index (κ3) is 14.1. The summed E-state index contributed by atoms with van der Waals surface area (Å²) in [6.45, 7) is 6.89. The summed E-state index contributed by atoms with van der Waals surface area (Å²) in [7, 11) is 1.93. The Bertz CT molecular complexity index is 1780. The molecule has 2 atom stereocenters. The number of hydrogen-bond donors (Lipinski definition) is 3. The summed E-state index contributed by atoms with van der Waals surface area (Å²) >= 11 is 1.05. The van der Waals surface area contributed by atoms with Gasteiger partial charge in [-0.2, -0.15) is 4.98 Å². The number of thiazole rings is 1. The Morgan fingerprint density at radius 1 is 1.11 bits per heavy atom. The zero-order valence-corrected chi connectivity index (χ0v) is 31.7. The molecular weight excluding hydrogens is 699 g/mol. The highest BCUT2D eigenvalue weighted by atomic mass is 32.1. The average Bonchev–Trinajstić information content (AvgIpc) is 3.72. The molecule has 3 aromatic rings. The maximum Gasteiger partial charge on any atom is 0.408 e. The van der Waals surface area contributed by atoms with Gasteiger partial charge in [-0.1, -0.05) is 59.5 Å². The quantitative estimate of drug-likeness (QED) is 0.0912. The van der Waals surface area contributed by atoms with Gasteiger partial charge in [0.2, 0.25) is 17.6 Å². The fraction of sp³-hybridized carbons (Fsp3) is 0.500. The lowest BCUT2D eigenvalue weighted by molar-refractivity contribution is -0.116. The molecule has 3 amide bonds. The number of allylic oxidation sites excluding steroid dienone is 2. The van der Waals surface area contributed by atoms with Gasteiger partial charge in [0.1, 0.15) is 11.0 Å². The normalized spacial score (nSPS) is 15.2. The van der Waals surface area contributed by atoms with E-state index < -0.39 is 18.1 Å². The Morgan fingerprint density at radius 2 is 1.94 bits per heavy atom. The van der Waals surface area contributed by atoms with Crippen molar-refractivity contribution in [1.82, 2.24) is 30.7 Å². The largest absolute Gasteiger partial charge is 0.461 e. The van der Waals surface area contributed by atoms with Crippen LogP contribution in [-0.4, -0.2) is 89.3 Å². The standard InChI is InChI=1S/C38H49N7O7S/c1-5-23-50-36(48)33-26(2)40-37(53-33)43-32(46)25-30(42-35(47)29-16-13-15-28(24-29)34-41-27(3)52-44-34)17-14-22-45(4)21-12-11-20-39-38(49)51-31-18-9-7-6-8-10-19-31/h6-7,13,15-16,24,30-31H,5,8-10,14,17-23,25H2,1-4H3,(H,39,49)(H,42,47)(H,40,43,46)/b7-6+/t30-,31+/m0/s1. The number of nitrogens with zero attached hydrogens (tertiary/aromatic N) is 4. The molecule has 2 heterocycles. The molecule has 1 aliphatic rings. The van der Waals surface area contributed by atoms with Crippen molar-refractivity contribution in [2.45, 2.75) is 90.7 Å². The van der Waals surface area contributed by atoms with E-state index in [0.717, 1.165) is 43.4 Å². The zero-order chi connectivity index (χ0) is 38.0. The first kappa shape index (κ1) is 40.7. The minimum atomic E-state index is -0.516. The van der Waals surface area contributed by atoms with E-state index in [4.69, 9.17) is 14.0 Å². The highest BCUT2D eigenvalue weighted by Crippen LogP contribution is 2.24. The maximum absolute atomic E-state index is 13.4. The molecule has 15 heteroatoms. The minimum Gasteiger partial charge on any atom is -0.461 e. The van der Waals surface area contributed by atoms with E-state index in [1.165, 1.54) is 0 Å². The molecule has 0 fully saturated rings. The summed E-state index contributed by atoms with van der Waals surface area (Å²) in [5.41, 5.74) is 1.48. The summed E-state index contributed by atoms with van der Waals surface area (Å²) in [6.07, 6.45) is 10.2. The highest BCUT2D eigenvalue weighted by molar-refractivity contribution is 7.17. The predicted molar refractivity (Wildman–Crippen MR) is 201 cm³/mol. The average molecular weight is 748 g/mol. The van der Waals surface area contributed by atoms with Gasteiger partial charge in [-0.05, 0) is 84.0 Å². The van der Waals surface area contributed by atoms with Gasteiger partial charge < -0.3 is 29.9 Å². The summed E-state index contributed by atoms with van der Waals surface area (Å²) in [5.74, 6) is 5.63. The summed E-state index contributed by atoms with van der Waals surface area (Å²) in [6, 6.07) is 6.35. The fourth-order valence-corrected chi connectivity index (χ4v) is 6.37. The monoisotopic (exact) mass is 747 g/mol. The second-order valence-electron chi connectivity index (χ2n) is 12.8. The van der Waals surface area contributed by atoms with Crippen LogP contribution in [0.25, 0.3) is 11.4 Å². The van der Waals surface area contributed by atoms with Crippen LogP contribution >= 0.6 is 11.3 Å². The molecule has 14 nitrogen and oxygen atoms in total. The van der Waals surface area contributed by atoms with Gasteiger partial charge in [-0.25, -0.2) is 14.6 Å². The first-order valence-electron chi connectivity index (χ1n) is 18.0. The van der Waals surface area contributed by atoms with Crippen molar-refractivity contribution in [2.24, 2.45) is 0 Å². The maximum atomic E-state index is 13.4. The SMILES string of the molecule is CCCOC(=O)c1sc(NC(=O)C[C@H](CCCN(C)CC#CCNC(=O)O[C@@H]2CC/C=C/CCC2)NC(=O)c2cccc(-c3noc(C)n3)c2)nc1C. The Morgan fingerprint density at radius 3 is 2.74 bits per heavy atom. The topological polar surface area (TPSA) is 178 Å². The van der Waals surface area contributed by atoms with Crippen LogP contribution in [0.4, 0.5) is 9.93 Å². The first-order chi connectivity index (χ1) is 25.6. The lowest BCUT2D eigenvalue weighted by Crippen LogP contribution is -2.38. The number of anilines is 1. The predicted octanol–water partition coefficient (Wildman–Crippen LogP) is 5.83. The van der Waals surface area contributed by atoms with Crippen LogP contribution in [0, 0.1) is 25.7 Å². The van der Waals surface area contributed by atoms with Crippen LogP contribution < -0.4 is 16.0 Å². The number of benzene rings is 1. The molecule has 3 N–H and O–H groups in total. The van der Waals surface area contributed by atoms with Crippen molar-refractivity contribution in [1.29, 1.82) is 0 Å². The molecule has 4 rings (SSSR count). The van der Waals surface area contributed by atoms with Crippen LogP contribution in [0.15, 0.2) is 40.9 Å². The fourth-order valence-electron chi connectivity index (χ4n) is 5.50. The Labute approximate surface area is 314 Å². The Kier molecular flexibility index (Phi) is 16.5. The smallest absolute Gasteiger partial charge is 0.408 e. The molecule has 0 radical (unpaired) electrons. The number of ether oxygens (including phenoxy) is 2. The number of amides is 3. The van der Waals surface area contributed by atoms with Crippen LogP contribution in [0.2, 0.25) is 0 Å². The molecule has 0 saturated heterocycles. The van der Waals surface area contributed by atoms with Crippen molar-refractivity contribution in [3.05, 3.63) is 58.4 Å². The van der Waals surface area contributed by atoms with Gasteiger partial charge >= 0.3 is 12.1 Å². The second kappa shape index (κ2) is 21.5. The lowest BCUT2D eigenvalue weighted by Gasteiger charge is -2.20. The molecule has 0 unspecified atom stereocenters. The van der Waals surface area contributed by atoms with Crippen molar-refractivity contribution in [3.8, 4) is 23.2 Å². The third-order valence-corrected chi connectivity index (χ3v) is 9.28. The Balaban J connectivity index is 1.30. The number of esters is 1. The number of aromatic nitrogens is 3.